The first kappa shape index (κ1) is 18.6. The number of tetrazole rings is 1. The Labute approximate surface area is 158 Å². The highest BCUT2D eigenvalue weighted by Gasteiger charge is 2.14. The van der Waals surface area contributed by atoms with E-state index in [0.29, 0.717) is 17.3 Å². The van der Waals surface area contributed by atoms with Gasteiger partial charge in [-0.15, -0.1) is 5.10 Å². The molecule has 0 atom stereocenters. The summed E-state index contributed by atoms with van der Waals surface area (Å²) in [4.78, 5) is 12.3. The van der Waals surface area contributed by atoms with Gasteiger partial charge in [0.05, 0.1) is 0 Å². The number of benzene rings is 2. The van der Waals surface area contributed by atoms with Crippen LogP contribution in [0.3, 0.4) is 0 Å². The number of ether oxygens (including phenoxy) is 1. The predicted octanol–water partition coefficient (Wildman–Crippen LogP) is 3.19. The molecule has 140 valence electrons. The lowest BCUT2D eigenvalue weighted by atomic mass is 9.87. The first-order chi connectivity index (χ1) is 12.8. The first-order valence-corrected chi connectivity index (χ1v) is 8.69. The van der Waals surface area contributed by atoms with Crippen LogP contribution in [0.1, 0.15) is 26.3 Å². The van der Waals surface area contributed by atoms with Crippen LogP contribution in [-0.2, 0) is 17.3 Å². The molecule has 0 fully saturated rings. The third-order valence-corrected chi connectivity index (χ3v) is 4.09. The van der Waals surface area contributed by atoms with Crippen molar-refractivity contribution in [3.63, 3.8) is 0 Å². The fraction of sp³-hybridized carbons (Fsp3) is 0.300. The lowest BCUT2D eigenvalue weighted by Crippen LogP contribution is -2.20. The second-order valence-electron chi connectivity index (χ2n) is 7.32. The van der Waals surface area contributed by atoms with Gasteiger partial charge in [-0.1, -0.05) is 45.0 Å². The largest absolute Gasteiger partial charge is 0.484 e. The number of rotatable bonds is 5. The summed E-state index contributed by atoms with van der Waals surface area (Å²) in [7, 11) is 1.76. The van der Waals surface area contributed by atoms with Crippen LogP contribution < -0.4 is 10.1 Å². The second-order valence-corrected chi connectivity index (χ2v) is 7.32. The van der Waals surface area contributed by atoms with E-state index < -0.39 is 0 Å². The topological polar surface area (TPSA) is 81.9 Å². The van der Waals surface area contributed by atoms with E-state index in [9.17, 15) is 4.79 Å². The number of anilines is 1. The SMILES string of the molecule is Cn1nnnc1-c1cccc(NC(=O)COc2cccc(C(C)(C)C)c2)c1. The lowest BCUT2D eigenvalue weighted by molar-refractivity contribution is -0.118. The van der Waals surface area contributed by atoms with Crippen molar-refractivity contribution in [3.05, 3.63) is 54.1 Å². The normalized spacial score (nSPS) is 11.3. The molecule has 0 aliphatic heterocycles. The molecular weight excluding hydrogens is 342 g/mol. The molecule has 2 aromatic carbocycles. The molecule has 0 aliphatic rings. The van der Waals surface area contributed by atoms with E-state index in [4.69, 9.17) is 4.74 Å². The van der Waals surface area contributed by atoms with Crippen LogP contribution in [0.2, 0.25) is 0 Å². The van der Waals surface area contributed by atoms with Crippen molar-refractivity contribution in [1.82, 2.24) is 20.2 Å². The van der Waals surface area contributed by atoms with Gasteiger partial charge in [-0.3, -0.25) is 4.79 Å². The van der Waals surface area contributed by atoms with Crippen molar-refractivity contribution in [1.29, 1.82) is 0 Å². The second kappa shape index (κ2) is 7.57. The minimum Gasteiger partial charge on any atom is -0.484 e. The number of carbonyl (C=O) groups is 1. The average molecular weight is 365 g/mol. The first-order valence-electron chi connectivity index (χ1n) is 8.69. The Morgan fingerprint density at radius 2 is 1.93 bits per heavy atom. The molecule has 27 heavy (non-hydrogen) atoms. The van der Waals surface area contributed by atoms with Crippen LogP contribution in [0.5, 0.6) is 5.75 Å². The molecular formula is C20H23N5O2. The molecule has 1 aromatic heterocycles. The molecule has 0 saturated heterocycles. The molecule has 0 saturated carbocycles. The molecule has 0 aliphatic carbocycles. The van der Waals surface area contributed by atoms with Gasteiger partial charge in [0.25, 0.3) is 5.91 Å². The van der Waals surface area contributed by atoms with Gasteiger partial charge in [-0.05, 0) is 45.7 Å². The molecule has 0 radical (unpaired) electrons. The van der Waals surface area contributed by atoms with Crippen LogP contribution in [0.15, 0.2) is 48.5 Å². The minimum atomic E-state index is -0.232. The monoisotopic (exact) mass is 365 g/mol. The van der Waals surface area contributed by atoms with Crippen molar-refractivity contribution < 1.29 is 9.53 Å². The molecule has 1 amide bonds. The highest BCUT2D eigenvalue weighted by atomic mass is 16.5. The van der Waals surface area contributed by atoms with Gasteiger partial charge in [0, 0.05) is 18.3 Å². The minimum absolute atomic E-state index is 0.0246. The van der Waals surface area contributed by atoms with Gasteiger partial charge >= 0.3 is 0 Å². The number of hydrogen-bond acceptors (Lipinski definition) is 5. The molecule has 0 bridgehead atoms. The van der Waals surface area contributed by atoms with Crippen molar-refractivity contribution >= 4 is 11.6 Å². The lowest BCUT2D eigenvalue weighted by Gasteiger charge is -2.19. The van der Waals surface area contributed by atoms with Crippen LogP contribution in [0, 0.1) is 0 Å². The maximum atomic E-state index is 12.3. The van der Waals surface area contributed by atoms with E-state index in [1.807, 2.05) is 42.5 Å². The van der Waals surface area contributed by atoms with Crippen LogP contribution >= 0.6 is 0 Å². The van der Waals surface area contributed by atoms with Crippen molar-refractivity contribution in [3.8, 4) is 17.1 Å². The zero-order valence-electron chi connectivity index (χ0n) is 15.9. The Hall–Kier alpha value is -3.22. The van der Waals surface area contributed by atoms with Gasteiger partial charge in [-0.2, -0.15) is 0 Å². The molecule has 1 N–H and O–H groups in total. The van der Waals surface area contributed by atoms with Gasteiger partial charge in [-0.25, -0.2) is 4.68 Å². The number of aromatic nitrogens is 4. The Balaban J connectivity index is 1.63. The average Bonchev–Trinajstić information content (AvgIpc) is 3.06. The van der Waals surface area contributed by atoms with E-state index in [1.165, 1.54) is 0 Å². The molecule has 3 aromatic rings. The Bertz CT molecular complexity index is 943. The number of nitrogens with zero attached hydrogens (tertiary/aromatic N) is 4. The van der Waals surface area contributed by atoms with E-state index >= 15 is 0 Å². The fourth-order valence-corrected chi connectivity index (χ4v) is 2.61. The Kier molecular flexibility index (Phi) is 5.21. The van der Waals surface area contributed by atoms with E-state index in [0.717, 1.165) is 11.1 Å². The summed E-state index contributed by atoms with van der Waals surface area (Å²) < 4.78 is 7.22. The zero-order chi connectivity index (χ0) is 19.4. The molecule has 3 rings (SSSR count). The molecule has 0 unspecified atom stereocenters. The quantitative estimate of drug-likeness (QED) is 0.751. The smallest absolute Gasteiger partial charge is 0.262 e. The molecule has 7 heteroatoms. The van der Waals surface area contributed by atoms with Gasteiger partial charge in [0.15, 0.2) is 12.4 Å². The van der Waals surface area contributed by atoms with Gasteiger partial charge in [0.2, 0.25) is 0 Å². The van der Waals surface area contributed by atoms with Crippen molar-refractivity contribution in [2.24, 2.45) is 7.05 Å². The van der Waals surface area contributed by atoms with E-state index in [2.05, 4.69) is 47.7 Å². The van der Waals surface area contributed by atoms with Crippen molar-refractivity contribution in [2.45, 2.75) is 26.2 Å². The highest BCUT2D eigenvalue weighted by Crippen LogP contribution is 2.25. The highest BCUT2D eigenvalue weighted by molar-refractivity contribution is 5.92. The summed E-state index contributed by atoms with van der Waals surface area (Å²) in [6, 6.07) is 15.2. The molecule has 0 spiro atoms. The fourth-order valence-electron chi connectivity index (χ4n) is 2.61. The van der Waals surface area contributed by atoms with Crippen LogP contribution in [-0.4, -0.2) is 32.7 Å². The van der Waals surface area contributed by atoms with Crippen molar-refractivity contribution in [2.75, 3.05) is 11.9 Å². The third kappa shape index (κ3) is 4.69. The standard InChI is InChI=1S/C20H23N5O2/c1-20(2,3)15-8-6-10-17(12-15)27-13-18(26)21-16-9-5-7-14(11-16)19-22-23-24-25(19)4/h5-12H,13H2,1-4H3,(H,21,26). The van der Waals surface area contributed by atoms with Crippen LogP contribution in [0.4, 0.5) is 5.69 Å². The molecule has 1 heterocycles. The Morgan fingerprint density at radius 1 is 1.15 bits per heavy atom. The third-order valence-electron chi connectivity index (χ3n) is 4.09. The summed E-state index contributed by atoms with van der Waals surface area (Å²) in [6.07, 6.45) is 0. The molecule has 7 nitrogen and oxygen atoms in total. The number of carbonyl (C=O) groups excluding carboxylic acids is 1. The van der Waals surface area contributed by atoms with Crippen LogP contribution in [0.25, 0.3) is 11.4 Å². The summed E-state index contributed by atoms with van der Waals surface area (Å²) >= 11 is 0. The number of aryl methyl sites for hydroxylation is 1. The number of hydrogen-bond donors (Lipinski definition) is 1. The summed E-state index contributed by atoms with van der Waals surface area (Å²) in [5, 5.41) is 14.3. The predicted molar refractivity (Wildman–Crippen MR) is 104 cm³/mol. The van der Waals surface area contributed by atoms with Gasteiger partial charge in [0.1, 0.15) is 5.75 Å². The summed E-state index contributed by atoms with van der Waals surface area (Å²) in [5.41, 5.74) is 2.66. The van der Waals surface area contributed by atoms with E-state index in [-0.39, 0.29) is 17.9 Å². The summed E-state index contributed by atoms with van der Waals surface area (Å²) in [6.45, 7) is 6.35. The number of nitrogens with one attached hydrogen (secondary N) is 1. The Morgan fingerprint density at radius 3 is 2.63 bits per heavy atom. The zero-order valence-corrected chi connectivity index (χ0v) is 15.9. The van der Waals surface area contributed by atoms with Gasteiger partial charge < -0.3 is 10.1 Å². The maximum Gasteiger partial charge on any atom is 0.262 e. The van der Waals surface area contributed by atoms with E-state index in [1.54, 1.807) is 11.7 Å². The summed E-state index contributed by atoms with van der Waals surface area (Å²) in [5.74, 6) is 1.07. The number of amides is 1. The maximum absolute atomic E-state index is 12.3.